The van der Waals surface area contributed by atoms with Gasteiger partial charge in [-0.2, -0.15) is 4.98 Å². The molecule has 156 valence electrons. The Kier molecular flexibility index (Phi) is 5.97. The Morgan fingerprint density at radius 2 is 2.03 bits per heavy atom. The van der Waals surface area contributed by atoms with Crippen LogP contribution in [-0.2, 0) is 0 Å². The smallest absolute Gasteiger partial charge is 0.261 e. The van der Waals surface area contributed by atoms with Crippen LogP contribution in [0.15, 0.2) is 63.6 Å². The third-order valence-corrected chi connectivity index (χ3v) is 5.11. The van der Waals surface area contributed by atoms with E-state index in [9.17, 15) is 4.79 Å². The molecule has 0 aliphatic rings. The lowest BCUT2D eigenvalue weighted by molar-refractivity contribution is 0.0974. The van der Waals surface area contributed by atoms with Crippen molar-refractivity contribution in [1.82, 2.24) is 15.3 Å². The Bertz CT molecular complexity index is 1270. The van der Waals surface area contributed by atoms with Gasteiger partial charge in [-0.25, -0.2) is 4.98 Å². The molecule has 0 fully saturated rings. The number of hydrogen-bond donors (Lipinski definition) is 2. The van der Waals surface area contributed by atoms with Gasteiger partial charge in [-0.1, -0.05) is 22.0 Å². The molecule has 0 aliphatic carbocycles. The van der Waals surface area contributed by atoms with Gasteiger partial charge < -0.3 is 14.5 Å². The van der Waals surface area contributed by atoms with E-state index in [1.54, 1.807) is 18.3 Å². The number of nitrogens with zero attached hydrogens (tertiary/aromatic N) is 2. The van der Waals surface area contributed by atoms with E-state index in [2.05, 4.69) is 36.5 Å². The third-order valence-electron chi connectivity index (χ3n) is 4.45. The number of aromatic nitrogens is 2. The molecule has 4 aromatic rings. The van der Waals surface area contributed by atoms with E-state index in [-0.39, 0.29) is 11.0 Å². The van der Waals surface area contributed by atoms with E-state index in [0.717, 1.165) is 15.6 Å². The number of oxazole rings is 1. The second-order valence-corrected chi connectivity index (χ2v) is 7.96. The molecule has 0 unspecified atom stereocenters. The van der Waals surface area contributed by atoms with Gasteiger partial charge in [0.2, 0.25) is 5.89 Å². The van der Waals surface area contributed by atoms with E-state index >= 15 is 0 Å². The Morgan fingerprint density at radius 3 is 2.81 bits per heavy atom. The summed E-state index contributed by atoms with van der Waals surface area (Å²) in [4.78, 5) is 21.3. The average Bonchev–Trinajstić information content (AvgIpc) is 3.17. The molecule has 31 heavy (non-hydrogen) atoms. The van der Waals surface area contributed by atoms with Crippen molar-refractivity contribution in [2.24, 2.45) is 0 Å². The highest BCUT2D eigenvalue weighted by molar-refractivity contribution is 9.10. The lowest BCUT2D eigenvalue weighted by Gasteiger charge is -2.14. The quantitative estimate of drug-likeness (QED) is 0.380. The monoisotopic (exact) mass is 496 g/mol. The number of nitrogens with one attached hydrogen (secondary N) is 2. The number of thiocarbonyl (C=S) groups is 1. The van der Waals surface area contributed by atoms with Gasteiger partial charge in [0.15, 0.2) is 16.3 Å². The summed E-state index contributed by atoms with van der Waals surface area (Å²) in [7, 11) is 1.52. The van der Waals surface area contributed by atoms with Gasteiger partial charge in [0.25, 0.3) is 5.91 Å². The molecule has 0 bridgehead atoms. The number of carbonyl (C=O) groups is 1. The van der Waals surface area contributed by atoms with Crippen molar-refractivity contribution in [2.45, 2.75) is 6.92 Å². The van der Waals surface area contributed by atoms with Crippen molar-refractivity contribution in [3.05, 3.63) is 70.3 Å². The number of ether oxygens (including phenoxy) is 1. The molecule has 2 N–H and O–H groups in total. The molecule has 2 aromatic carbocycles. The first-order chi connectivity index (χ1) is 14.9. The van der Waals surface area contributed by atoms with Crippen molar-refractivity contribution < 1.29 is 13.9 Å². The lowest BCUT2D eigenvalue weighted by Crippen LogP contribution is -2.34. The molecular formula is C22H17BrN4O3S. The maximum Gasteiger partial charge on any atom is 0.261 e. The lowest BCUT2D eigenvalue weighted by atomic mass is 10.1. The number of amides is 1. The standard InChI is InChI=1S/C22H17BrN4O3S/c1-12-9-14(23)11-16(18(12)29-2)20(28)27-22(31)25-15-6-3-5-13(10-15)21-26-19-17(30-21)7-4-8-24-19/h3-11H,1-2H3,(H2,25,27,28,31). The number of fused-ring (bicyclic) bond motifs is 1. The third kappa shape index (κ3) is 4.57. The molecule has 0 atom stereocenters. The molecule has 0 spiro atoms. The zero-order valence-corrected chi connectivity index (χ0v) is 19.0. The van der Waals surface area contributed by atoms with Crippen LogP contribution in [0.4, 0.5) is 5.69 Å². The predicted molar refractivity (Wildman–Crippen MR) is 126 cm³/mol. The largest absolute Gasteiger partial charge is 0.496 e. The molecule has 0 saturated carbocycles. The minimum Gasteiger partial charge on any atom is -0.496 e. The van der Waals surface area contributed by atoms with Crippen molar-refractivity contribution in [3.63, 3.8) is 0 Å². The highest BCUT2D eigenvalue weighted by Crippen LogP contribution is 2.28. The number of carbonyl (C=O) groups excluding carboxylic acids is 1. The van der Waals surface area contributed by atoms with Crippen LogP contribution < -0.4 is 15.4 Å². The number of benzene rings is 2. The molecule has 9 heteroatoms. The van der Waals surface area contributed by atoms with Crippen molar-refractivity contribution >= 4 is 56.1 Å². The first-order valence-corrected chi connectivity index (χ1v) is 10.4. The van der Waals surface area contributed by atoms with Gasteiger partial charge >= 0.3 is 0 Å². The first kappa shape index (κ1) is 21.0. The Labute approximate surface area is 192 Å². The zero-order chi connectivity index (χ0) is 22.0. The second kappa shape index (κ2) is 8.83. The summed E-state index contributed by atoms with van der Waals surface area (Å²) in [6.45, 7) is 1.87. The molecule has 0 radical (unpaired) electrons. The number of hydrogen-bond acceptors (Lipinski definition) is 6. The Hall–Kier alpha value is -3.30. The molecule has 0 aliphatic heterocycles. The van der Waals surface area contributed by atoms with Crippen LogP contribution in [0.1, 0.15) is 15.9 Å². The highest BCUT2D eigenvalue weighted by Gasteiger charge is 2.17. The molecule has 2 aromatic heterocycles. The molecular weight excluding hydrogens is 480 g/mol. The fraction of sp³-hybridized carbons (Fsp3) is 0.0909. The minimum absolute atomic E-state index is 0.154. The van der Waals surface area contributed by atoms with Crippen LogP contribution in [0.3, 0.4) is 0 Å². The van der Waals surface area contributed by atoms with Gasteiger partial charge in [-0.3, -0.25) is 10.1 Å². The van der Waals surface area contributed by atoms with Crippen molar-refractivity contribution in [2.75, 3.05) is 12.4 Å². The van der Waals surface area contributed by atoms with E-state index < -0.39 is 0 Å². The molecule has 7 nitrogen and oxygen atoms in total. The van der Waals surface area contributed by atoms with Crippen LogP contribution >= 0.6 is 28.1 Å². The van der Waals surface area contributed by atoms with Gasteiger partial charge in [-0.15, -0.1) is 0 Å². The topological polar surface area (TPSA) is 89.3 Å². The van der Waals surface area contributed by atoms with Crippen molar-refractivity contribution in [3.8, 4) is 17.2 Å². The molecule has 2 heterocycles. The number of pyridine rings is 1. The number of rotatable bonds is 4. The van der Waals surface area contributed by atoms with Gasteiger partial charge in [0.1, 0.15) is 5.75 Å². The van der Waals surface area contributed by atoms with Crippen molar-refractivity contribution in [1.29, 1.82) is 0 Å². The van der Waals surface area contributed by atoms with Crippen LogP contribution in [-0.4, -0.2) is 28.1 Å². The Morgan fingerprint density at radius 1 is 1.19 bits per heavy atom. The normalized spacial score (nSPS) is 10.7. The number of halogens is 1. The molecule has 1 amide bonds. The summed E-state index contributed by atoms with van der Waals surface area (Å²) in [5.74, 6) is 0.566. The van der Waals surface area contributed by atoms with Gasteiger partial charge in [0, 0.05) is 21.9 Å². The Balaban J connectivity index is 1.51. The van der Waals surface area contributed by atoms with Gasteiger partial charge in [0.05, 0.1) is 12.7 Å². The summed E-state index contributed by atoms with van der Waals surface area (Å²) in [6.07, 6.45) is 1.66. The fourth-order valence-corrected chi connectivity index (χ4v) is 3.91. The van der Waals surface area contributed by atoms with Crippen LogP contribution in [0.2, 0.25) is 0 Å². The summed E-state index contributed by atoms with van der Waals surface area (Å²) in [6, 6.07) is 14.5. The summed E-state index contributed by atoms with van der Waals surface area (Å²) >= 11 is 8.73. The van der Waals surface area contributed by atoms with Gasteiger partial charge in [-0.05, 0) is 67.2 Å². The van der Waals surface area contributed by atoms with E-state index in [1.807, 2.05) is 43.3 Å². The van der Waals surface area contributed by atoms with Crippen LogP contribution in [0.25, 0.3) is 22.7 Å². The highest BCUT2D eigenvalue weighted by atomic mass is 79.9. The van der Waals surface area contributed by atoms with E-state index in [4.69, 9.17) is 21.4 Å². The predicted octanol–water partition coefficient (Wildman–Crippen LogP) is 5.10. The SMILES string of the molecule is COc1c(C)cc(Br)cc1C(=O)NC(=S)Nc1cccc(-c2nc3ncccc3o2)c1. The summed E-state index contributed by atoms with van der Waals surface area (Å²) < 4.78 is 11.9. The number of aryl methyl sites for hydroxylation is 1. The van der Waals surface area contributed by atoms with Crippen LogP contribution in [0.5, 0.6) is 5.75 Å². The average molecular weight is 497 g/mol. The minimum atomic E-state index is -0.375. The number of methoxy groups -OCH3 is 1. The van der Waals surface area contributed by atoms with E-state index in [1.165, 1.54) is 7.11 Å². The maximum atomic E-state index is 12.7. The fourth-order valence-electron chi connectivity index (χ4n) is 3.12. The molecule has 0 saturated heterocycles. The second-order valence-electron chi connectivity index (χ2n) is 6.64. The summed E-state index contributed by atoms with van der Waals surface area (Å²) in [5, 5.41) is 5.85. The zero-order valence-electron chi connectivity index (χ0n) is 16.6. The van der Waals surface area contributed by atoms with Crippen LogP contribution in [0, 0.1) is 6.92 Å². The summed E-state index contributed by atoms with van der Waals surface area (Å²) in [5.41, 5.74) is 3.79. The first-order valence-electron chi connectivity index (χ1n) is 9.23. The number of anilines is 1. The molecule has 4 rings (SSSR count). The maximum absolute atomic E-state index is 12.7. The van der Waals surface area contributed by atoms with E-state index in [0.29, 0.717) is 34.1 Å².